The quantitative estimate of drug-likeness (QED) is 0.259. The van der Waals surface area contributed by atoms with Crippen molar-refractivity contribution in [1.29, 1.82) is 0 Å². The second kappa shape index (κ2) is 10.2. The highest BCUT2D eigenvalue weighted by atomic mass is 16.3. The van der Waals surface area contributed by atoms with Gasteiger partial charge in [0.1, 0.15) is 5.75 Å². The van der Waals surface area contributed by atoms with Crippen LogP contribution < -0.4 is 15.5 Å². The molecule has 4 N–H and O–H groups in total. The average molecular weight is 543 g/mol. The minimum Gasteiger partial charge on any atom is -0.507 e. The van der Waals surface area contributed by atoms with Crippen molar-refractivity contribution < 1.29 is 39.0 Å². The Balaban J connectivity index is 1.75. The van der Waals surface area contributed by atoms with Crippen LogP contribution in [-0.2, 0) is 30.4 Å². The van der Waals surface area contributed by atoms with Crippen molar-refractivity contribution in [2.45, 2.75) is 37.8 Å². The van der Waals surface area contributed by atoms with E-state index < -0.39 is 64.4 Å². The zero-order valence-corrected chi connectivity index (χ0v) is 22.6. The SMILES string of the molecule is CCC(=O)NCNC(=O)C1C(=O)[C@@H](N(C)C)[C@@H]2C[C@@H]3Cc4c(N(C)C)ccc(O)c4C(=O)C3C(=O)[C@]2(O)C1=O. The van der Waals surface area contributed by atoms with Crippen LogP contribution in [0, 0.1) is 23.7 Å². The largest absolute Gasteiger partial charge is 0.507 e. The molecule has 1 aromatic rings. The minimum absolute atomic E-state index is 0.00182. The Bertz CT molecular complexity index is 1270. The van der Waals surface area contributed by atoms with Gasteiger partial charge in [0.25, 0.3) is 0 Å². The van der Waals surface area contributed by atoms with Crippen molar-refractivity contribution in [2.24, 2.45) is 23.7 Å². The summed E-state index contributed by atoms with van der Waals surface area (Å²) in [7, 11) is 6.67. The highest BCUT2D eigenvalue weighted by molar-refractivity contribution is 6.32. The summed E-state index contributed by atoms with van der Waals surface area (Å²) < 4.78 is 0. The Hall–Kier alpha value is -3.64. The van der Waals surface area contributed by atoms with Crippen molar-refractivity contribution >= 4 is 40.6 Å². The van der Waals surface area contributed by atoms with Gasteiger partial charge in [-0.1, -0.05) is 6.92 Å². The number of hydrogen-bond donors (Lipinski definition) is 4. The van der Waals surface area contributed by atoms with E-state index in [1.54, 1.807) is 46.1 Å². The van der Waals surface area contributed by atoms with Gasteiger partial charge in [-0.15, -0.1) is 0 Å². The first-order chi connectivity index (χ1) is 18.3. The molecule has 0 aromatic heterocycles. The molecule has 0 aliphatic heterocycles. The fourth-order valence-corrected chi connectivity index (χ4v) is 6.44. The van der Waals surface area contributed by atoms with Crippen molar-refractivity contribution in [3.05, 3.63) is 23.3 Å². The Morgan fingerprint density at radius 2 is 1.72 bits per heavy atom. The van der Waals surface area contributed by atoms with E-state index in [1.807, 2.05) is 0 Å². The van der Waals surface area contributed by atoms with Crippen LogP contribution in [0.15, 0.2) is 12.1 Å². The average Bonchev–Trinajstić information content (AvgIpc) is 2.85. The Morgan fingerprint density at radius 3 is 2.31 bits per heavy atom. The zero-order chi connectivity index (χ0) is 29.0. The number of fused-ring (bicyclic) bond motifs is 3. The maximum Gasteiger partial charge on any atom is 0.239 e. The van der Waals surface area contributed by atoms with Crippen LogP contribution >= 0.6 is 0 Å². The van der Waals surface area contributed by atoms with Crippen molar-refractivity contribution in [3.8, 4) is 5.75 Å². The van der Waals surface area contributed by atoms with Gasteiger partial charge in [0.2, 0.25) is 11.8 Å². The molecule has 1 aromatic carbocycles. The highest BCUT2D eigenvalue weighted by Crippen LogP contribution is 2.51. The summed E-state index contributed by atoms with van der Waals surface area (Å²) in [6.07, 6.45) is 0.373. The third kappa shape index (κ3) is 4.31. The molecule has 39 heavy (non-hydrogen) atoms. The predicted molar refractivity (Wildman–Crippen MR) is 138 cm³/mol. The van der Waals surface area contributed by atoms with Crippen LogP contribution in [0.3, 0.4) is 0 Å². The number of ketones is 4. The molecule has 0 bridgehead atoms. The first-order valence-electron chi connectivity index (χ1n) is 12.9. The maximum absolute atomic E-state index is 14.0. The molecule has 0 spiro atoms. The van der Waals surface area contributed by atoms with E-state index in [0.29, 0.717) is 11.3 Å². The number of benzene rings is 1. The molecule has 3 aliphatic carbocycles. The smallest absolute Gasteiger partial charge is 0.239 e. The van der Waals surface area contributed by atoms with E-state index in [-0.39, 0.29) is 43.2 Å². The standard InChI is InChI=1S/C27H34N4O8/c1-6-17(33)28-11-29-26(38)20-23(35)21(31(4)5)14-10-12-9-13-15(30(2)3)7-8-16(32)19(13)22(34)18(12)24(36)27(14,39)25(20)37/h7-8,12,14,18,20-21,32,39H,6,9-11H2,1-5H3,(H,28,33)(H,29,38)/t12-,14-,18?,20?,21-,27-/m0/s1. The number of aliphatic hydroxyl groups is 1. The number of likely N-dealkylation sites (N-methyl/N-ethyl adjacent to an activating group) is 1. The normalized spacial score (nSPS) is 29.9. The lowest BCUT2D eigenvalue weighted by atomic mass is 9.52. The molecule has 0 radical (unpaired) electrons. The predicted octanol–water partition coefficient (Wildman–Crippen LogP) is -0.952. The lowest BCUT2D eigenvalue weighted by molar-refractivity contribution is -0.181. The van der Waals surface area contributed by atoms with E-state index in [9.17, 15) is 39.0 Å². The summed E-state index contributed by atoms with van der Waals surface area (Å²) >= 11 is 0. The van der Waals surface area contributed by atoms with Gasteiger partial charge in [0, 0.05) is 32.1 Å². The third-order valence-electron chi connectivity index (χ3n) is 8.25. The second-order valence-electron chi connectivity index (χ2n) is 10.9. The lowest BCUT2D eigenvalue weighted by Crippen LogP contribution is -2.74. The molecule has 4 rings (SSSR count). The van der Waals surface area contributed by atoms with Gasteiger partial charge in [0.15, 0.2) is 34.7 Å². The number of rotatable bonds is 6. The second-order valence-corrected chi connectivity index (χ2v) is 10.9. The maximum atomic E-state index is 14.0. The monoisotopic (exact) mass is 542 g/mol. The molecule has 0 saturated heterocycles. The van der Waals surface area contributed by atoms with Gasteiger partial charge in [-0.25, -0.2) is 0 Å². The summed E-state index contributed by atoms with van der Waals surface area (Å²) in [4.78, 5) is 82.6. The van der Waals surface area contributed by atoms with E-state index in [1.165, 1.54) is 11.0 Å². The number of carbonyl (C=O) groups excluding carboxylic acids is 6. The molecule has 6 atom stereocenters. The Labute approximate surface area is 225 Å². The molecule has 3 aliphatic rings. The van der Waals surface area contributed by atoms with Crippen LogP contribution in [0.4, 0.5) is 5.69 Å². The summed E-state index contributed by atoms with van der Waals surface area (Å²) in [5, 5.41) is 27.1. The van der Waals surface area contributed by atoms with Crippen molar-refractivity contribution in [2.75, 3.05) is 39.8 Å². The number of Topliss-reactive ketones (excluding diaryl/α,β-unsaturated/α-hetero) is 4. The number of phenols is 1. The number of nitrogens with zero attached hydrogens (tertiary/aromatic N) is 2. The van der Waals surface area contributed by atoms with Gasteiger partial charge in [-0.05, 0) is 50.6 Å². The van der Waals surface area contributed by atoms with E-state index in [0.717, 1.165) is 0 Å². The number of hydrogen-bond acceptors (Lipinski definition) is 10. The molecule has 210 valence electrons. The van der Waals surface area contributed by atoms with Crippen LogP contribution in [0.2, 0.25) is 0 Å². The van der Waals surface area contributed by atoms with Gasteiger partial charge < -0.3 is 25.7 Å². The van der Waals surface area contributed by atoms with Gasteiger partial charge >= 0.3 is 0 Å². The molecule has 0 heterocycles. The van der Waals surface area contributed by atoms with Gasteiger partial charge in [-0.2, -0.15) is 0 Å². The van der Waals surface area contributed by atoms with Crippen LogP contribution in [-0.4, -0.2) is 96.6 Å². The molecule has 2 amide bonds. The van der Waals surface area contributed by atoms with E-state index in [2.05, 4.69) is 10.6 Å². The number of anilines is 1. The van der Waals surface area contributed by atoms with Gasteiger partial charge in [0.05, 0.1) is 24.2 Å². The summed E-state index contributed by atoms with van der Waals surface area (Å²) in [6.45, 7) is 1.26. The number of aromatic hydroxyl groups is 1. The molecule has 2 unspecified atom stereocenters. The number of nitrogens with one attached hydrogen (secondary N) is 2. The Morgan fingerprint density at radius 1 is 1.05 bits per heavy atom. The van der Waals surface area contributed by atoms with Crippen LogP contribution in [0.5, 0.6) is 5.75 Å². The number of phenolic OH excluding ortho intramolecular Hbond substituents is 1. The third-order valence-corrected chi connectivity index (χ3v) is 8.25. The first-order valence-corrected chi connectivity index (χ1v) is 12.9. The van der Waals surface area contributed by atoms with Crippen LogP contribution in [0.25, 0.3) is 0 Å². The highest BCUT2D eigenvalue weighted by Gasteiger charge is 2.69. The van der Waals surface area contributed by atoms with Crippen molar-refractivity contribution in [3.63, 3.8) is 0 Å². The summed E-state index contributed by atoms with van der Waals surface area (Å²) in [6, 6.07) is 1.87. The van der Waals surface area contributed by atoms with Crippen LogP contribution in [0.1, 0.15) is 35.7 Å². The molecule has 12 nitrogen and oxygen atoms in total. The topological polar surface area (TPSA) is 173 Å². The molecule has 2 saturated carbocycles. The summed E-state index contributed by atoms with van der Waals surface area (Å²) in [5.74, 6) is -10.8. The molecule has 2 fully saturated rings. The van der Waals surface area contributed by atoms with Crippen molar-refractivity contribution in [1.82, 2.24) is 15.5 Å². The molecular formula is C27H34N4O8. The first kappa shape index (κ1) is 28.4. The fourth-order valence-electron chi connectivity index (χ4n) is 6.44. The zero-order valence-electron chi connectivity index (χ0n) is 22.6. The van der Waals surface area contributed by atoms with E-state index >= 15 is 0 Å². The lowest BCUT2D eigenvalue weighted by Gasteiger charge is -2.52. The Kier molecular flexibility index (Phi) is 7.39. The summed E-state index contributed by atoms with van der Waals surface area (Å²) in [5.41, 5.74) is -1.54. The minimum atomic E-state index is -2.76. The molecule has 12 heteroatoms. The fraction of sp³-hybridized carbons (Fsp3) is 0.556. The molecular weight excluding hydrogens is 508 g/mol. The van der Waals surface area contributed by atoms with E-state index in [4.69, 9.17) is 0 Å². The number of amides is 2. The number of carbonyl (C=O) groups is 6. The van der Waals surface area contributed by atoms with Gasteiger partial charge in [-0.3, -0.25) is 33.7 Å².